The van der Waals surface area contributed by atoms with Crippen LogP contribution in [0.5, 0.6) is 0 Å². The number of sulfone groups is 1. The van der Waals surface area contributed by atoms with Gasteiger partial charge in [-0.2, -0.15) is 0 Å². The summed E-state index contributed by atoms with van der Waals surface area (Å²) in [5.74, 6) is 2.36. The Morgan fingerprint density at radius 1 is 0.758 bits per heavy atom. The van der Waals surface area contributed by atoms with Gasteiger partial charge in [-0.1, -0.05) is 60.6 Å². The first-order valence-electron chi connectivity index (χ1n) is 26.0. The zero-order chi connectivity index (χ0) is 47.9. The van der Waals surface area contributed by atoms with Crippen LogP contribution in [0.4, 0.5) is 0 Å². The fourth-order valence-corrected chi connectivity index (χ4v) is 17.4. The molecule has 7 rings (SSSR count). The van der Waals surface area contributed by atoms with E-state index in [9.17, 15) is 18.0 Å². The molecular weight excluding hydrogens is 857 g/mol. The topological polar surface area (TPSA) is 139 Å². The number of nitrogens with zero attached hydrogens (tertiary/aromatic N) is 1. The molecule has 1 heterocycles. The molecular formula is C53H90N2O10S. The molecule has 1 saturated heterocycles. The van der Waals surface area contributed by atoms with E-state index in [1.807, 2.05) is 6.92 Å². The van der Waals surface area contributed by atoms with Gasteiger partial charge in [0.1, 0.15) is 18.8 Å². The van der Waals surface area contributed by atoms with Crippen molar-refractivity contribution in [3.8, 4) is 0 Å². The Kier molecular flexibility index (Phi) is 16.0. The van der Waals surface area contributed by atoms with Crippen molar-refractivity contribution in [2.24, 2.45) is 62.6 Å². The molecule has 0 spiro atoms. The average molecular weight is 947 g/mol. The Morgan fingerprint density at radius 2 is 1.42 bits per heavy atom. The summed E-state index contributed by atoms with van der Waals surface area (Å²) in [5, 5.41) is 4.25. The Balaban J connectivity index is 1.03. The maximum atomic E-state index is 13.6. The third kappa shape index (κ3) is 9.99. The highest BCUT2D eigenvalue weighted by Gasteiger charge is 2.71. The summed E-state index contributed by atoms with van der Waals surface area (Å²) in [4.78, 5) is 29.0. The molecule has 0 amide bonds. The second kappa shape index (κ2) is 20.2. The van der Waals surface area contributed by atoms with E-state index in [4.69, 9.17) is 28.4 Å². The number of hydrogen-bond acceptors (Lipinski definition) is 12. The van der Waals surface area contributed by atoms with Crippen molar-refractivity contribution in [2.45, 2.75) is 163 Å². The summed E-state index contributed by atoms with van der Waals surface area (Å²) in [6.07, 6.45) is 12.9. The van der Waals surface area contributed by atoms with Gasteiger partial charge >= 0.3 is 11.9 Å². The molecule has 12 nitrogen and oxygen atoms in total. The van der Waals surface area contributed by atoms with E-state index in [-0.39, 0.29) is 81.4 Å². The van der Waals surface area contributed by atoms with Crippen molar-refractivity contribution in [1.29, 1.82) is 0 Å². The number of fused-ring (bicyclic) bond motifs is 7. The van der Waals surface area contributed by atoms with E-state index in [2.05, 4.69) is 72.2 Å². The number of hydrogen-bond donors (Lipinski definition) is 1. The lowest BCUT2D eigenvalue weighted by atomic mass is 9.32. The highest BCUT2D eigenvalue weighted by Crippen LogP contribution is 2.76. The molecule has 0 radical (unpaired) electrons. The number of esters is 2. The van der Waals surface area contributed by atoms with Crippen LogP contribution >= 0.6 is 0 Å². The van der Waals surface area contributed by atoms with Crippen LogP contribution < -0.4 is 5.32 Å². The summed E-state index contributed by atoms with van der Waals surface area (Å²) >= 11 is 0. The molecule has 0 aromatic rings. The number of methoxy groups -OCH3 is 1. The third-order valence-electron chi connectivity index (χ3n) is 20.3. The molecule has 1 N–H and O–H groups in total. The minimum Gasteiger partial charge on any atom is -0.462 e. The van der Waals surface area contributed by atoms with Crippen molar-refractivity contribution >= 4 is 21.8 Å². The third-order valence-corrected chi connectivity index (χ3v) is 21.9. The first kappa shape index (κ1) is 52.2. The van der Waals surface area contributed by atoms with E-state index >= 15 is 0 Å². The van der Waals surface area contributed by atoms with Gasteiger partial charge in [-0.25, -0.2) is 13.2 Å². The van der Waals surface area contributed by atoms with E-state index in [0.717, 1.165) is 51.4 Å². The Hall–Kier alpha value is -1.61. The maximum absolute atomic E-state index is 13.6. The first-order chi connectivity index (χ1) is 31.1. The second-order valence-electron chi connectivity index (χ2n) is 24.3. The zero-order valence-electron chi connectivity index (χ0n) is 42.8. The molecule has 66 heavy (non-hydrogen) atoms. The smallest absolute Gasteiger partial charge is 0.332 e. The van der Waals surface area contributed by atoms with Crippen LogP contribution in [0.15, 0.2) is 12.2 Å². The SMILES string of the molecule is C=C(C)[C@@H]1CC[C@]2(NC[C@H]([C@@H](C)OC(=O)COCCOCCOCCOC)N3CCS(=O)(=O)CC3)CC[C@]3(C)[C@H](CC[C@@H]4[C@@]5(C)CC[C@H](OC(=O)[C@H]6CCC6(C)C)C(C)(C)[C@@H]5CC[C@]43C)[C@@H]12. The maximum Gasteiger partial charge on any atom is 0.332 e. The van der Waals surface area contributed by atoms with Crippen molar-refractivity contribution < 1.29 is 46.4 Å². The lowest BCUT2D eigenvalue weighted by Crippen LogP contribution is -2.69. The second-order valence-corrected chi connectivity index (χ2v) is 26.6. The summed E-state index contributed by atoms with van der Waals surface area (Å²) in [6.45, 7) is 29.9. The van der Waals surface area contributed by atoms with E-state index in [1.54, 1.807) is 7.11 Å². The predicted octanol–water partition coefficient (Wildman–Crippen LogP) is 8.06. The largest absolute Gasteiger partial charge is 0.462 e. The van der Waals surface area contributed by atoms with Gasteiger partial charge in [-0.3, -0.25) is 9.69 Å². The zero-order valence-corrected chi connectivity index (χ0v) is 43.6. The number of allylic oxidation sites excluding steroid dienone is 1. The fourth-order valence-electron chi connectivity index (χ4n) is 16.2. The monoisotopic (exact) mass is 947 g/mol. The number of nitrogens with one attached hydrogen (secondary N) is 1. The molecule has 1 aliphatic heterocycles. The van der Waals surface area contributed by atoms with Gasteiger partial charge in [0, 0.05) is 37.7 Å². The highest BCUT2D eigenvalue weighted by molar-refractivity contribution is 7.91. The van der Waals surface area contributed by atoms with Gasteiger partial charge in [0.05, 0.1) is 63.1 Å². The first-order valence-corrected chi connectivity index (χ1v) is 27.8. The Labute approximate surface area is 399 Å². The Bertz CT molecular complexity index is 1830. The van der Waals surface area contributed by atoms with E-state index in [1.165, 1.54) is 31.3 Å². The molecule has 6 saturated carbocycles. The number of rotatable bonds is 20. The fraction of sp³-hybridized carbons (Fsp3) is 0.925. The van der Waals surface area contributed by atoms with Crippen LogP contribution in [-0.4, -0.2) is 134 Å². The summed E-state index contributed by atoms with van der Waals surface area (Å²) in [5.41, 5.74) is 1.69. The molecule has 0 unspecified atom stereocenters. The van der Waals surface area contributed by atoms with Crippen molar-refractivity contribution in [2.75, 3.05) is 84.5 Å². The Morgan fingerprint density at radius 3 is 2.05 bits per heavy atom. The van der Waals surface area contributed by atoms with Gasteiger partial charge in [0.25, 0.3) is 0 Å². The van der Waals surface area contributed by atoms with Gasteiger partial charge in [-0.15, -0.1) is 0 Å². The van der Waals surface area contributed by atoms with Crippen LogP contribution in [0.1, 0.15) is 139 Å². The summed E-state index contributed by atoms with van der Waals surface area (Å²) in [6, 6.07) is -0.195. The van der Waals surface area contributed by atoms with Crippen molar-refractivity contribution in [3.63, 3.8) is 0 Å². The molecule has 13 heteroatoms. The van der Waals surface area contributed by atoms with Crippen LogP contribution in [0.2, 0.25) is 0 Å². The van der Waals surface area contributed by atoms with Crippen LogP contribution in [0.25, 0.3) is 0 Å². The molecule has 0 bridgehead atoms. The van der Waals surface area contributed by atoms with Crippen LogP contribution in [-0.2, 0) is 47.8 Å². The quantitative estimate of drug-likeness (QED) is 0.0718. The van der Waals surface area contributed by atoms with E-state index < -0.39 is 21.9 Å². The summed E-state index contributed by atoms with van der Waals surface area (Å²) < 4.78 is 59.5. The molecule has 13 atom stereocenters. The lowest BCUT2D eigenvalue weighted by molar-refractivity contribution is -0.248. The normalized spacial score (nSPS) is 39.8. The standard InChI is InChI=1S/C53H90N2O10S/c1-36(2)38-14-21-53(54-34-41(55-24-32-66(58,59)33-25-55)37(3)64-45(56)35-63-31-30-62-29-28-61-27-26-60-11)23-22-51(9)39(46(38)53)12-13-43-50(8)19-17-44(65-47(57)40-15-18-48(40,4)5)49(6,7)42(50)16-20-52(43,51)10/h37-44,46,54H,1,12-35H2,2-11H3/t37-,38+,39-,40-,41-,42+,43-,44+,46-,50+,51-,52-,53+/m1/s1. The predicted molar refractivity (Wildman–Crippen MR) is 258 cm³/mol. The minimum atomic E-state index is -3.11. The van der Waals surface area contributed by atoms with Crippen molar-refractivity contribution in [3.05, 3.63) is 12.2 Å². The molecule has 7 aliphatic rings. The lowest BCUT2D eigenvalue weighted by Gasteiger charge is -2.73. The van der Waals surface area contributed by atoms with Gasteiger partial charge in [-0.05, 0) is 142 Å². The van der Waals surface area contributed by atoms with Gasteiger partial charge in [0.15, 0.2) is 9.84 Å². The van der Waals surface area contributed by atoms with Gasteiger partial charge < -0.3 is 33.7 Å². The van der Waals surface area contributed by atoms with Crippen LogP contribution in [0, 0.1) is 62.6 Å². The van der Waals surface area contributed by atoms with Gasteiger partial charge in [0.2, 0.25) is 0 Å². The molecule has 7 fully saturated rings. The number of carbonyl (C=O) groups is 2. The van der Waals surface area contributed by atoms with Crippen LogP contribution in [0.3, 0.4) is 0 Å². The molecule has 0 aromatic heterocycles. The minimum absolute atomic E-state index is 0.0264. The molecule has 0 aromatic carbocycles. The molecule has 378 valence electrons. The molecule has 6 aliphatic carbocycles. The summed E-state index contributed by atoms with van der Waals surface area (Å²) in [7, 11) is -1.47. The van der Waals surface area contributed by atoms with E-state index in [0.29, 0.717) is 82.3 Å². The highest BCUT2D eigenvalue weighted by atomic mass is 32.2. The number of carbonyl (C=O) groups excluding carboxylic acids is 2. The van der Waals surface area contributed by atoms with Crippen molar-refractivity contribution in [1.82, 2.24) is 10.2 Å². The average Bonchev–Trinajstić information content (AvgIpc) is 3.63. The number of ether oxygens (including phenoxy) is 6.